The molecule has 112 valence electrons. The zero-order chi connectivity index (χ0) is 15.4. The number of nitrogens with zero attached hydrogens (tertiary/aromatic N) is 5. The Labute approximate surface area is 126 Å². The van der Waals surface area contributed by atoms with Crippen LogP contribution in [0.4, 0.5) is 0 Å². The molecule has 2 aromatic heterocycles. The van der Waals surface area contributed by atoms with Crippen molar-refractivity contribution in [3.05, 3.63) is 53.7 Å². The predicted octanol–water partition coefficient (Wildman–Crippen LogP) is 0.818. The molecule has 22 heavy (non-hydrogen) atoms. The molecule has 2 heterocycles. The summed E-state index contributed by atoms with van der Waals surface area (Å²) in [5.74, 6) is 0.893. The number of aryl methyl sites for hydroxylation is 1. The lowest BCUT2D eigenvalue weighted by atomic mass is 10.3. The van der Waals surface area contributed by atoms with E-state index >= 15 is 0 Å². The topological polar surface area (TPSA) is 98.7 Å². The van der Waals surface area contributed by atoms with Gasteiger partial charge in [-0.2, -0.15) is 4.68 Å². The van der Waals surface area contributed by atoms with Gasteiger partial charge in [0.1, 0.15) is 5.76 Å². The van der Waals surface area contributed by atoms with Crippen LogP contribution in [0.2, 0.25) is 0 Å². The highest BCUT2D eigenvalue weighted by Gasteiger charge is 2.11. The first-order valence-corrected chi connectivity index (χ1v) is 6.74. The van der Waals surface area contributed by atoms with Gasteiger partial charge in [0.15, 0.2) is 5.82 Å². The Morgan fingerprint density at radius 3 is 2.86 bits per heavy atom. The molecule has 0 aliphatic rings. The molecule has 3 rings (SSSR count). The van der Waals surface area contributed by atoms with Gasteiger partial charge in [-0.3, -0.25) is 4.79 Å². The van der Waals surface area contributed by atoms with E-state index in [1.165, 1.54) is 0 Å². The van der Waals surface area contributed by atoms with Crippen LogP contribution in [0.5, 0.6) is 0 Å². The molecule has 0 bridgehead atoms. The summed E-state index contributed by atoms with van der Waals surface area (Å²) in [6.45, 7) is 2.03. The number of para-hydroxylation sites is 1. The largest absolute Gasteiger partial charge is 0.361 e. The van der Waals surface area contributed by atoms with Crippen molar-refractivity contribution in [2.75, 3.05) is 0 Å². The van der Waals surface area contributed by atoms with Gasteiger partial charge in [0, 0.05) is 6.07 Å². The molecule has 0 aliphatic carbocycles. The third kappa shape index (κ3) is 3.17. The third-order valence-corrected chi connectivity index (χ3v) is 2.99. The fraction of sp³-hybridized carbons (Fsp3) is 0.214. The van der Waals surface area contributed by atoms with Crippen LogP contribution in [-0.2, 0) is 17.8 Å². The number of amides is 1. The summed E-state index contributed by atoms with van der Waals surface area (Å²) in [6, 6.07) is 11.2. The van der Waals surface area contributed by atoms with E-state index in [0.29, 0.717) is 11.6 Å². The first-order valence-electron chi connectivity index (χ1n) is 6.74. The van der Waals surface area contributed by atoms with Crippen LogP contribution in [0.3, 0.4) is 0 Å². The molecule has 0 saturated heterocycles. The van der Waals surface area contributed by atoms with Crippen LogP contribution in [0.1, 0.15) is 17.3 Å². The average molecular weight is 298 g/mol. The molecule has 0 radical (unpaired) electrons. The summed E-state index contributed by atoms with van der Waals surface area (Å²) in [5.41, 5.74) is 1.58. The van der Waals surface area contributed by atoms with Crippen molar-refractivity contribution < 1.29 is 9.32 Å². The number of rotatable bonds is 5. The monoisotopic (exact) mass is 298 g/mol. The maximum Gasteiger partial charge on any atom is 0.228 e. The lowest BCUT2D eigenvalue weighted by molar-refractivity contribution is -0.120. The van der Waals surface area contributed by atoms with Gasteiger partial charge in [-0.15, -0.1) is 5.10 Å². The summed E-state index contributed by atoms with van der Waals surface area (Å²) in [6.07, 6.45) is 0.133. The fourth-order valence-electron chi connectivity index (χ4n) is 1.98. The van der Waals surface area contributed by atoms with Gasteiger partial charge in [0.2, 0.25) is 5.91 Å². The number of carbonyl (C=O) groups excluding carboxylic acids is 1. The van der Waals surface area contributed by atoms with E-state index < -0.39 is 0 Å². The van der Waals surface area contributed by atoms with Crippen LogP contribution in [0.25, 0.3) is 5.69 Å². The zero-order valence-corrected chi connectivity index (χ0v) is 11.9. The standard InChI is InChI=1S/C14H14N6O2/c1-10-7-12(22-17-10)8-14(21)15-9-13-16-18-19-20(13)11-5-3-2-4-6-11/h2-7H,8-9H2,1H3,(H,15,21). The molecule has 1 aromatic carbocycles. The van der Waals surface area contributed by atoms with E-state index in [-0.39, 0.29) is 18.9 Å². The Hall–Kier alpha value is -3.03. The molecule has 1 N–H and O–H groups in total. The van der Waals surface area contributed by atoms with Gasteiger partial charge >= 0.3 is 0 Å². The highest BCUT2D eigenvalue weighted by molar-refractivity contribution is 5.77. The lowest BCUT2D eigenvalue weighted by Crippen LogP contribution is -2.26. The molecule has 0 aliphatic heterocycles. The van der Waals surface area contributed by atoms with Gasteiger partial charge in [-0.1, -0.05) is 23.4 Å². The quantitative estimate of drug-likeness (QED) is 0.748. The van der Waals surface area contributed by atoms with Crippen LogP contribution in [0, 0.1) is 6.92 Å². The number of hydrogen-bond acceptors (Lipinski definition) is 6. The number of aromatic nitrogens is 5. The minimum atomic E-state index is -0.182. The summed E-state index contributed by atoms with van der Waals surface area (Å²) in [7, 11) is 0. The Bertz CT molecular complexity index is 765. The normalized spacial score (nSPS) is 10.6. The highest BCUT2D eigenvalue weighted by atomic mass is 16.5. The van der Waals surface area contributed by atoms with Crippen LogP contribution in [-0.4, -0.2) is 31.3 Å². The van der Waals surface area contributed by atoms with Crippen molar-refractivity contribution in [2.45, 2.75) is 19.9 Å². The first-order chi connectivity index (χ1) is 10.7. The molecule has 0 atom stereocenters. The van der Waals surface area contributed by atoms with Crippen molar-refractivity contribution in [3.63, 3.8) is 0 Å². The number of carbonyl (C=O) groups is 1. The lowest BCUT2D eigenvalue weighted by Gasteiger charge is -2.05. The van der Waals surface area contributed by atoms with E-state index in [1.54, 1.807) is 17.7 Å². The van der Waals surface area contributed by atoms with Gasteiger partial charge in [0.25, 0.3) is 0 Å². The number of hydrogen-bond donors (Lipinski definition) is 1. The van der Waals surface area contributed by atoms with E-state index in [1.807, 2.05) is 30.3 Å². The molecule has 3 aromatic rings. The fourth-order valence-corrected chi connectivity index (χ4v) is 1.98. The second kappa shape index (κ2) is 6.17. The van der Waals surface area contributed by atoms with Crippen molar-refractivity contribution in [2.24, 2.45) is 0 Å². The van der Waals surface area contributed by atoms with Crippen LogP contribution in [0.15, 0.2) is 40.9 Å². The predicted molar refractivity (Wildman–Crippen MR) is 75.9 cm³/mol. The third-order valence-electron chi connectivity index (χ3n) is 2.99. The Balaban J connectivity index is 1.63. The van der Waals surface area contributed by atoms with Gasteiger partial charge in [0.05, 0.1) is 24.3 Å². The van der Waals surface area contributed by atoms with Gasteiger partial charge < -0.3 is 9.84 Å². The van der Waals surface area contributed by atoms with Gasteiger partial charge in [-0.25, -0.2) is 0 Å². The SMILES string of the molecule is Cc1cc(CC(=O)NCc2nnnn2-c2ccccc2)on1. The van der Waals surface area contributed by atoms with E-state index in [9.17, 15) is 4.79 Å². The summed E-state index contributed by atoms with van der Waals surface area (Å²) in [4.78, 5) is 11.9. The summed E-state index contributed by atoms with van der Waals surface area (Å²) in [5, 5.41) is 18.0. The Morgan fingerprint density at radius 2 is 2.14 bits per heavy atom. The maximum absolute atomic E-state index is 11.9. The minimum absolute atomic E-state index is 0.133. The van der Waals surface area contributed by atoms with Crippen molar-refractivity contribution in [3.8, 4) is 5.69 Å². The molecule has 0 spiro atoms. The number of tetrazole rings is 1. The molecule has 0 unspecified atom stereocenters. The molecule has 0 fully saturated rings. The van der Waals surface area contributed by atoms with Crippen LogP contribution < -0.4 is 5.32 Å². The number of benzene rings is 1. The smallest absolute Gasteiger partial charge is 0.228 e. The zero-order valence-electron chi connectivity index (χ0n) is 11.9. The van der Waals surface area contributed by atoms with E-state index in [0.717, 1.165) is 11.4 Å². The van der Waals surface area contributed by atoms with Crippen molar-refractivity contribution >= 4 is 5.91 Å². The molecular weight excluding hydrogens is 284 g/mol. The van der Waals surface area contributed by atoms with Gasteiger partial charge in [-0.05, 0) is 29.5 Å². The second-order valence-electron chi connectivity index (χ2n) is 4.73. The summed E-state index contributed by atoms with van der Waals surface area (Å²) < 4.78 is 6.59. The van der Waals surface area contributed by atoms with Crippen LogP contribution >= 0.6 is 0 Å². The Morgan fingerprint density at radius 1 is 1.32 bits per heavy atom. The summed E-state index contributed by atoms with van der Waals surface area (Å²) >= 11 is 0. The molecule has 0 saturated carbocycles. The molecule has 8 nitrogen and oxygen atoms in total. The second-order valence-corrected chi connectivity index (χ2v) is 4.73. The number of nitrogens with one attached hydrogen (secondary N) is 1. The molecular formula is C14H14N6O2. The van der Waals surface area contributed by atoms with E-state index in [2.05, 4.69) is 26.0 Å². The average Bonchev–Trinajstić information content (AvgIpc) is 3.15. The molecule has 8 heteroatoms. The minimum Gasteiger partial charge on any atom is -0.361 e. The van der Waals surface area contributed by atoms with Crippen molar-refractivity contribution in [1.29, 1.82) is 0 Å². The molecule has 1 amide bonds. The van der Waals surface area contributed by atoms with Crippen molar-refractivity contribution in [1.82, 2.24) is 30.7 Å². The van der Waals surface area contributed by atoms with E-state index in [4.69, 9.17) is 4.52 Å². The maximum atomic E-state index is 11.9. The highest BCUT2D eigenvalue weighted by Crippen LogP contribution is 2.07. The Kier molecular flexibility index (Phi) is 3.90. The first kappa shape index (κ1) is 13.9.